The largest absolute Gasteiger partial charge is 0.405 e. The molecule has 0 aliphatic rings. The van der Waals surface area contributed by atoms with Gasteiger partial charge in [0.1, 0.15) is 6.54 Å². The highest BCUT2D eigenvalue weighted by Crippen LogP contribution is 2.22. The minimum atomic E-state index is -4.46. The van der Waals surface area contributed by atoms with Gasteiger partial charge >= 0.3 is 6.18 Å². The molecule has 18 heavy (non-hydrogen) atoms. The van der Waals surface area contributed by atoms with Crippen LogP contribution in [-0.2, 0) is 0 Å². The van der Waals surface area contributed by atoms with Gasteiger partial charge in [0.25, 0.3) is 5.91 Å². The van der Waals surface area contributed by atoms with Gasteiger partial charge in [-0.15, -0.1) is 0 Å². The molecule has 2 N–H and O–H groups in total. The van der Waals surface area contributed by atoms with Gasteiger partial charge in [0.2, 0.25) is 0 Å². The Morgan fingerprint density at radius 3 is 2.83 bits per heavy atom. The van der Waals surface area contributed by atoms with Crippen molar-refractivity contribution < 1.29 is 18.0 Å². The molecule has 1 heterocycles. The molecule has 0 radical (unpaired) electrons. The van der Waals surface area contributed by atoms with Crippen molar-refractivity contribution in [3.63, 3.8) is 0 Å². The van der Waals surface area contributed by atoms with Crippen LogP contribution in [0.5, 0.6) is 0 Å². The van der Waals surface area contributed by atoms with E-state index in [9.17, 15) is 18.0 Å². The quantitative estimate of drug-likeness (QED) is 0.886. The second-order valence-corrected chi connectivity index (χ2v) is 3.96. The Morgan fingerprint density at radius 2 is 2.17 bits per heavy atom. The normalized spacial score (nSPS) is 11.8. The Hall–Kier alpha value is -1.76. The number of rotatable bonds is 2. The molecule has 0 aliphatic heterocycles. The number of aromatic amines is 1. The number of alkyl halides is 3. The molecular weight excluding hydrogens is 271 g/mol. The molecule has 4 nitrogen and oxygen atoms in total. The molecule has 1 aromatic carbocycles. The molecule has 0 fully saturated rings. The number of nitrogens with one attached hydrogen (secondary N) is 2. The Labute approximate surface area is 104 Å². The zero-order chi connectivity index (χ0) is 13.3. The molecule has 0 saturated carbocycles. The Balaban J connectivity index is 2.24. The summed E-state index contributed by atoms with van der Waals surface area (Å²) < 4.78 is 35.9. The number of aromatic nitrogens is 2. The van der Waals surface area contributed by atoms with E-state index in [1.165, 1.54) is 18.5 Å². The van der Waals surface area contributed by atoms with E-state index < -0.39 is 18.6 Å². The first kappa shape index (κ1) is 12.7. The highest BCUT2D eigenvalue weighted by Gasteiger charge is 2.28. The van der Waals surface area contributed by atoms with Crippen LogP contribution < -0.4 is 5.32 Å². The highest BCUT2D eigenvalue weighted by atomic mass is 35.5. The topological polar surface area (TPSA) is 57.8 Å². The van der Waals surface area contributed by atoms with Crippen LogP contribution in [0.4, 0.5) is 13.2 Å². The minimum Gasteiger partial charge on any atom is -0.345 e. The fraction of sp³-hybridized carbons (Fsp3) is 0.200. The van der Waals surface area contributed by atoms with Crippen molar-refractivity contribution in [2.75, 3.05) is 6.54 Å². The van der Waals surface area contributed by atoms with Gasteiger partial charge in [0.15, 0.2) is 0 Å². The third kappa shape index (κ3) is 2.73. The maximum absolute atomic E-state index is 12.0. The molecule has 1 aromatic heterocycles. The maximum atomic E-state index is 12.0. The van der Waals surface area contributed by atoms with E-state index in [1.54, 1.807) is 5.32 Å². The Kier molecular flexibility index (Phi) is 3.16. The number of nitrogens with zero attached hydrogens (tertiary/aromatic N) is 1. The lowest BCUT2D eigenvalue weighted by atomic mass is 10.2. The van der Waals surface area contributed by atoms with Crippen LogP contribution in [0.1, 0.15) is 10.4 Å². The Bertz CT molecular complexity index is 594. The summed E-state index contributed by atoms with van der Waals surface area (Å²) in [5, 5.41) is 1.81. The summed E-state index contributed by atoms with van der Waals surface area (Å²) in [5.74, 6) is -0.887. The van der Waals surface area contributed by atoms with Crippen LogP contribution in [0.25, 0.3) is 11.0 Å². The van der Waals surface area contributed by atoms with Crippen molar-refractivity contribution in [2.24, 2.45) is 0 Å². The summed E-state index contributed by atoms with van der Waals surface area (Å²) in [6.45, 7) is -1.40. The van der Waals surface area contributed by atoms with Crippen LogP contribution in [0.15, 0.2) is 18.5 Å². The van der Waals surface area contributed by atoms with E-state index >= 15 is 0 Å². The molecule has 0 atom stereocenters. The molecule has 96 valence electrons. The van der Waals surface area contributed by atoms with Gasteiger partial charge in [-0.3, -0.25) is 4.79 Å². The van der Waals surface area contributed by atoms with Crippen molar-refractivity contribution in [3.8, 4) is 0 Å². The van der Waals surface area contributed by atoms with E-state index in [-0.39, 0.29) is 10.6 Å². The molecular formula is C10H7ClF3N3O. The van der Waals surface area contributed by atoms with Crippen LogP contribution in [0.3, 0.4) is 0 Å². The van der Waals surface area contributed by atoms with Crippen LogP contribution >= 0.6 is 11.6 Å². The van der Waals surface area contributed by atoms with Gasteiger partial charge in [-0.1, -0.05) is 11.6 Å². The van der Waals surface area contributed by atoms with Gasteiger partial charge in [-0.25, -0.2) is 4.98 Å². The lowest BCUT2D eigenvalue weighted by Gasteiger charge is -2.09. The van der Waals surface area contributed by atoms with Gasteiger partial charge < -0.3 is 10.3 Å². The molecule has 1 amide bonds. The van der Waals surface area contributed by atoms with E-state index in [0.29, 0.717) is 11.0 Å². The van der Waals surface area contributed by atoms with Crippen molar-refractivity contribution in [1.29, 1.82) is 0 Å². The highest BCUT2D eigenvalue weighted by molar-refractivity contribution is 6.34. The van der Waals surface area contributed by atoms with Crippen molar-refractivity contribution >= 4 is 28.5 Å². The third-order valence-electron chi connectivity index (χ3n) is 2.20. The van der Waals surface area contributed by atoms with Crippen LogP contribution in [0, 0.1) is 0 Å². The lowest BCUT2D eigenvalue weighted by molar-refractivity contribution is -0.123. The maximum Gasteiger partial charge on any atom is 0.405 e. The number of hydrogen-bond acceptors (Lipinski definition) is 2. The summed E-state index contributed by atoms with van der Waals surface area (Å²) in [6, 6.07) is 2.77. The average molecular weight is 278 g/mol. The van der Waals surface area contributed by atoms with E-state index in [2.05, 4.69) is 9.97 Å². The molecule has 0 saturated heterocycles. The minimum absolute atomic E-state index is 0.0412. The third-order valence-corrected chi connectivity index (χ3v) is 2.52. The van der Waals surface area contributed by atoms with Gasteiger partial charge in [-0.05, 0) is 12.1 Å². The lowest BCUT2D eigenvalue weighted by Crippen LogP contribution is -2.33. The number of halogens is 4. The molecule has 2 rings (SSSR count). The van der Waals surface area contributed by atoms with Gasteiger partial charge in [0, 0.05) is 0 Å². The monoisotopic (exact) mass is 277 g/mol. The van der Waals surface area contributed by atoms with Gasteiger partial charge in [0.05, 0.1) is 27.9 Å². The first-order valence-electron chi connectivity index (χ1n) is 4.84. The van der Waals surface area contributed by atoms with E-state index in [1.807, 2.05) is 0 Å². The number of H-pyrrole nitrogens is 1. The Morgan fingerprint density at radius 1 is 1.44 bits per heavy atom. The molecule has 0 spiro atoms. The fourth-order valence-electron chi connectivity index (χ4n) is 1.41. The second-order valence-electron chi connectivity index (χ2n) is 3.55. The number of amides is 1. The molecule has 8 heteroatoms. The number of fused-ring (bicyclic) bond motifs is 1. The SMILES string of the molecule is O=C(NCC(F)(F)F)c1cc2nc[nH]c2cc1Cl. The molecule has 0 aliphatic carbocycles. The summed E-state index contributed by atoms with van der Waals surface area (Å²) in [4.78, 5) is 18.2. The smallest absolute Gasteiger partial charge is 0.345 e. The van der Waals surface area contributed by atoms with Crippen LogP contribution in [0.2, 0.25) is 5.02 Å². The first-order chi connectivity index (χ1) is 8.37. The summed E-state index contributed by atoms with van der Waals surface area (Å²) in [5.41, 5.74) is 1.02. The van der Waals surface area contributed by atoms with E-state index in [0.717, 1.165) is 0 Å². The van der Waals surface area contributed by atoms with Crippen molar-refractivity contribution in [1.82, 2.24) is 15.3 Å². The second kappa shape index (κ2) is 4.49. The van der Waals surface area contributed by atoms with Gasteiger partial charge in [-0.2, -0.15) is 13.2 Å². The number of carbonyl (C=O) groups excluding carboxylic acids is 1. The number of hydrogen-bond donors (Lipinski definition) is 2. The van der Waals surface area contributed by atoms with Crippen LogP contribution in [-0.4, -0.2) is 28.6 Å². The zero-order valence-electron chi connectivity index (χ0n) is 8.81. The summed E-state index contributed by atoms with van der Waals surface area (Å²) in [7, 11) is 0. The average Bonchev–Trinajstić information content (AvgIpc) is 2.70. The number of imidazole rings is 1. The van der Waals surface area contributed by atoms with Crippen molar-refractivity contribution in [2.45, 2.75) is 6.18 Å². The number of benzene rings is 1. The molecule has 0 bridgehead atoms. The first-order valence-corrected chi connectivity index (χ1v) is 5.22. The predicted octanol–water partition coefficient (Wildman–Crippen LogP) is 2.51. The summed E-state index contributed by atoms with van der Waals surface area (Å²) in [6.07, 6.45) is -3.06. The standard InChI is InChI=1S/C10H7ClF3N3O/c11-6-2-8-7(16-4-17-8)1-5(6)9(18)15-3-10(12,13)14/h1-2,4H,3H2,(H,15,18)(H,16,17). The molecule has 2 aromatic rings. The zero-order valence-corrected chi connectivity index (χ0v) is 9.56. The molecule has 0 unspecified atom stereocenters. The predicted molar refractivity (Wildman–Crippen MR) is 59.5 cm³/mol. The van der Waals surface area contributed by atoms with E-state index in [4.69, 9.17) is 11.6 Å². The van der Waals surface area contributed by atoms with Crippen molar-refractivity contribution in [3.05, 3.63) is 29.0 Å². The fourth-order valence-corrected chi connectivity index (χ4v) is 1.65. The number of carbonyl (C=O) groups is 1. The summed E-state index contributed by atoms with van der Waals surface area (Å²) >= 11 is 5.82.